The van der Waals surface area contributed by atoms with Crippen molar-refractivity contribution in [2.24, 2.45) is 0 Å². The van der Waals surface area contributed by atoms with Gasteiger partial charge in [0.2, 0.25) is 0 Å². The number of furan rings is 1. The van der Waals surface area contributed by atoms with Crippen molar-refractivity contribution in [1.82, 2.24) is 9.13 Å². The zero-order valence-electron chi connectivity index (χ0n) is 40.6. The van der Waals surface area contributed by atoms with Crippen LogP contribution in [-0.4, -0.2) is 9.13 Å². The average Bonchev–Trinajstić information content (AvgIpc) is 3.94. The number of para-hydroxylation sites is 3. The Balaban J connectivity index is 0.824. The standard InChI is InChI=1S/C68H50N2O3/c1-68(2)60-25-9-6-21-58(60)64-49(17-13-26-61(64)68)37-42-54(51-19-12-18-50(43-51)44-15-4-3-5-16-44)47-31-29-45(30-32-47)46-33-38-52(39-34-46)69-62-27-10-7-22-59(62)66(71)70(67(69)72)53-40-35-48(36-41-53)55-23-14-24-57-56-20-8-11-28-63(56)73-65(55)57/h3-36,38-41,43,54H,37,42H2,1-2H3. The smallest absolute Gasteiger partial charge is 0.340 e. The fraction of sp³-hybridized carbons (Fsp3) is 0.0882. The number of aromatic nitrogens is 2. The van der Waals surface area contributed by atoms with Crippen LogP contribution in [0.3, 0.4) is 0 Å². The Morgan fingerprint density at radius 2 is 1.03 bits per heavy atom. The highest BCUT2D eigenvalue weighted by Gasteiger charge is 2.36. The maximum Gasteiger partial charge on any atom is 0.340 e. The van der Waals surface area contributed by atoms with Crippen LogP contribution in [0.25, 0.3) is 88.7 Å². The van der Waals surface area contributed by atoms with Gasteiger partial charge in [0.25, 0.3) is 5.56 Å². The molecule has 0 fully saturated rings. The summed E-state index contributed by atoms with van der Waals surface area (Å²) in [6.07, 6.45) is 1.88. The first kappa shape index (κ1) is 43.9. The van der Waals surface area contributed by atoms with Gasteiger partial charge in [0, 0.05) is 27.7 Å². The quantitative estimate of drug-likeness (QED) is 0.137. The molecule has 5 heteroatoms. The molecule has 10 aromatic carbocycles. The molecule has 350 valence electrons. The van der Waals surface area contributed by atoms with Gasteiger partial charge in [-0.25, -0.2) is 9.36 Å². The van der Waals surface area contributed by atoms with E-state index in [1.165, 1.54) is 54.6 Å². The molecule has 5 nitrogen and oxygen atoms in total. The lowest BCUT2D eigenvalue weighted by Crippen LogP contribution is -2.38. The molecule has 1 aliphatic carbocycles. The predicted octanol–water partition coefficient (Wildman–Crippen LogP) is 16.1. The molecule has 2 aromatic heterocycles. The molecule has 0 saturated heterocycles. The molecule has 1 unspecified atom stereocenters. The third-order valence-electron chi connectivity index (χ3n) is 15.4. The number of rotatable bonds is 10. The van der Waals surface area contributed by atoms with Crippen molar-refractivity contribution in [3.63, 3.8) is 0 Å². The minimum atomic E-state index is -0.441. The minimum Gasteiger partial charge on any atom is -0.455 e. The van der Waals surface area contributed by atoms with Crippen LogP contribution in [0.1, 0.15) is 54.0 Å². The van der Waals surface area contributed by atoms with Crippen molar-refractivity contribution in [2.45, 2.75) is 38.0 Å². The summed E-state index contributed by atoms with van der Waals surface area (Å²) in [7, 11) is 0. The van der Waals surface area contributed by atoms with Crippen LogP contribution in [-0.2, 0) is 11.8 Å². The highest BCUT2D eigenvalue weighted by molar-refractivity contribution is 6.09. The third kappa shape index (κ3) is 7.47. The zero-order valence-corrected chi connectivity index (χ0v) is 40.6. The molecular weight excluding hydrogens is 893 g/mol. The summed E-state index contributed by atoms with van der Waals surface area (Å²) < 4.78 is 9.24. The van der Waals surface area contributed by atoms with Gasteiger partial charge in [-0.1, -0.05) is 208 Å². The zero-order chi connectivity index (χ0) is 49.2. The number of fused-ring (bicyclic) bond motifs is 7. The Morgan fingerprint density at radius 1 is 0.452 bits per heavy atom. The van der Waals surface area contributed by atoms with E-state index >= 15 is 0 Å². The van der Waals surface area contributed by atoms with Crippen molar-refractivity contribution in [2.75, 3.05) is 0 Å². The van der Waals surface area contributed by atoms with Crippen LogP contribution in [0.15, 0.2) is 251 Å². The van der Waals surface area contributed by atoms with Gasteiger partial charge >= 0.3 is 5.69 Å². The summed E-state index contributed by atoms with van der Waals surface area (Å²) in [6.45, 7) is 4.70. The molecule has 1 atom stereocenters. The Kier molecular flexibility index (Phi) is 10.6. The van der Waals surface area contributed by atoms with Crippen LogP contribution in [0, 0.1) is 0 Å². The van der Waals surface area contributed by atoms with Gasteiger partial charge in [-0.15, -0.1) is 0 Å². The third-order valence-corrected chi connectivity index (χ3v) is 15.4. The molecule has 0 N–H and O–H groups in total. The van der Waals surface area contributed by atoms with E-state index in [4.69, 9.17) is 4.42 Å². The molecule has 13 rings (SSSR count). The Labute approximate surface area is 423 Å². The van der Waals surface area contributed by atoms with Gasteiger partial charge in [0.1, 0.15) is 11.2 Å². The van der Waals surface area contributed by atoms with E-state index in [2.05, 4.69) is 159 Å². The molecule has 0 bridgehead atoms. The number of nitrogens with zero attached hydrogens (tertiary/aromatic N) is 2. The van der Waals surface area contributed by atoms with E-state index in [1.807, 2.05) is 84.9 Å². The van der Waals surface area contributed by atoms with Crippen molar-refractivity contribution in [3.05, 3.63) is 285 Å². The lowest BCUT2D eigenvalue weighted by atomic mass is 9.81. The van der Waals surface area contributed by atoms with Crippen molar-refractivity contribution in [1.29, 1.82) is 0 Å². The molecule has 0 spiro atoms. The van der Waals surface area contributed by atoms with E-state index in [-0.39, 0.29) is 16.9 Å². The topological polar surface area (TPSA) is 57.1 Å². The number of hydrogen-bond donors (Lipinski definition) is 0. The molecule has 2 heterocycles. The SMILES string of the molecule is CC1(C)c2ccccc2-c2c(CCC(c3ccc(-c4ccc(-n5c(=O)n(-c6ccc(-c7cccc8c7oc7ccccc78)cc6)c(=O)c6ccccc65)cc4)cc3)c3cccc(-c4ccccc4)c3)cccc21. The summed E-state index contributed by atoms with van der Waals surface area (Å²) >= 11 is 0. The largest absolute Gasteiger partial charge is 0.455 e. The molecule has 73 heavy (non-hydrogen) atoms. The predicted molar refractivity (Wildman–Crippen MR) is 299 cm³/mol. The number of benzene rings is 10. The fourth-order valence-corrected chi connectivity index (χ4v) is 11.6. The average molecular weight is 943 g/mol. The highest BCUT2D eigenvalue weighted by atomic mass is 16.3. The second-order valence-electron chi connectivity index (χ2n) is 19.9. The fourth-order valence-electron chi connectivity index (χ4n) is 11.6. The van der Waals surface area contributed by atoms with Crippen molar-refractivity contribution >= 4 is 32.8 Å². The van der Waals surface area contributed by atoms with Crippen LogP contribution in [0.5, 0.6) is 0 Å². The Morgan fingerprint density at radius 3 is 1.82 bits per heavy atom. The first-order valence-corrected chi connectivity index (χ1v) is 25.2. The molecule has 0 aliphatic heterocycles. The molecule has 0 saturated carbocycles. The van der Waals surface area contributed by atoms with Crippen LogP contribution >= 0.6 is 0 Å². The maximum absolute atomic E-state index is 14.7. The van der Waals surface area contributed by atoms with Crippen molar-refractivity contribution in [3.8, 4) is 55.9 Å². The summed E-state index contributed by atoms with van der Waals surface area (Å²) in [5.74, 6) is 0.151. The normalized spacial score (nSPS) is 13.1. The summed E-state index contributed by atoms with van der Waals surface area (Å²) in [5, 5.41) is 2.55. The van der Waals surface area contributed by atoms with E-state index in [0.717, 1.165) is 57.0 Å². The lowest BCUT2D eigenvalue weighted by Gasteiger charge is -2.22. The lowest BCUT2D eigenvalue weighted by molar-refractivity contribution is 0.658. The number of hydrogen-bond acceptors (Lipinski definition) is 3. The highest BCUT2D eigenvalue weighted by Crippen LogP contribution is 2.50. The first-order valence-electron chi connectivity index (χ1n) is 25.2. The molecule has 0 radical (unpaired) electrons. The molecule has 12 aromatic rings. The Hall–Kier alpha value is -9.06. The van der Waals surface area contributed by atoms with Gasteiger partial charge in [-0.3, -0.25) is 9.36 Å². The molecular formula is C68H50N2O3. The summed E-state index contributed by atoms with van der Waals surface area (Å²) in [6, 6.07) is 81.6. The van der Waals surface area contributed by atoms with Crippen LogP contribution in [0.2, 0.25) is 0 Å². The van der Waals surface area contributed by atoms with Crippen LogP contribution in [0.4, 0.5) is 0 Å². The van der Waals surface area contributed by atoms with Gasteiger partial charge in [0.15, 0.2) is 0 Å². The van der Waals surface area contributed by atoms with E-state index in [1.54, 1.807) is 10.6 Å². The first-order chi connectivity index (χ1) is 35.8. The minimum absolute atomic E-state index is 0.0469. The molecule has 0 amide bonds. The summed E-state index contributed by atoms with van der Waals surface area (Å²) in [4.78, 5) is 28.9. The monoisotopic (exact) mass is 942 g/mol. The van der Waals surface area contributed by atoms with E-state index < -0.39 is 5.69 Å². The van der Waals surface area contributed by atoms with Gasteiger partial charge in [-0.05, 0) is 122 Å². The second kappa shape index (κ2) is 17.7. The maximum atomic E-state index is 14.7. The molecule has 1 aliphatic rings. The summed E-state index contributed by atoms with van der Waals surface area (Å²) in [5.41, 5.74) is 18.4. The van der Waals surface area contributed by atoms with Gasteiger partial charge in [0.05, 0.1) is 22.3 Å². The van der Waals surface area contributed by atoms with Gasteiger partial charge < -0.3 is 4.42 Å². The Bertz CT molecular complexity index is 4200. The van der Waals surface area contributed by atoms with E-state index in [9.17, 15) is 9.59 Å². The van der Waals surface area contributed by atoms with Gasteiger partial charge in [-0.2, -0.15) is 0 Å². The second-order valence-corrected chi connectivity index (χ2v) is 19.9. The van der Waals surface area contributed by atoms with Crippen LogP contribution < -0.4 is 11.2 Å². The number of aryl methyl sites for hydroxylation is 1. The van der Waals surface area contributed by atoms with E-state index in [0.29, 0.717) is 22.3 Å². The van der Waals surface area contributed by atoms with Crippen molar-refractivity contribution < 1.29 is 4.42 Å².